The number of carbonyl (C=O) groups is 1. The van der Waals surface area contributed by atoms with Crippen molar-refractivity contribution < 1.29 is 19.9 Å². The standard InChI is InChI=1S/C14H28BN3O4/c16-14(13(19)20)10-18(9-12-5-1-2-7-17-12)8-11(14)4-3-6-15(21)22/h11-12,17,21-22H,1-10,16H2,(H,19,20)/t11-,12+,14-/m0/s1. The first-order chi connectivity index (χ1) is 10.4. The molecule has 8 heteroatoms. The van der Waals surface area contributed by atoms with Crippen molar-refractivity contribution >= 4 is 13.1 Å². The molecule has 2 aliphatic heterocycles. The number of piperidine rings is 1. The quantitative estimate of drug-likeness (QED) is 0.386. The Labute approximate surface area is 132 Å². The number of rotatable bonds is 7. The second kappa shape index (κ2) is 7.74. The summed E-state index contributed by atoms with van der Waals surface area (Å²) in [6.07, 6.45) is 4.99. The van der Waals surface area contributed by atoms with Gasteiger partial charge in [-0.3, -0.25) is 9.69 Å². The van der Waals surface area contributed by atoms with E-state index in [1.54, 1.807) is 0 Å². The number of nitrogens with two attached hydrogens (primary N) is 1. The van der Waals surface area contributed by atoms with Crippen molar-refractivity contribution in [3.05, 3.63) is 0 Å². The van der Waals surface area contributed by atoms with E-state index in [9.17, 15) is 9.90 Å². The summed E-state index contributed by atoms with van der Waals surface area (Å²) in [5.74, 6) is -1.10. The number of nitrogens with zero attached hydrogens (tertiary/aromatic N) is 1. The summed E-state index contributed by atoms with van der Waals surface area (Å²) in [6.45, 7) is 2.91. The molecule has 2 saturated heterocycles. The molecule has 0 aromatic carbocycles. The van der Waals surface area contributed by atoms with Crippen molar-refractivity contribution in [2.75, 3.05) is 26.2 Å². The molecular formula is C14H28BN3O4. The summed E-state index contributed by atoms with van der Waals surface area (Å²) in [7, 11) is -1.33. The third-order valence-corrected chi connectivity index (χ3v) is 5.00. The van der Waals surface area contributed by atoms with E-state index in [0.717, 1.165) is 19.5 Å². The van der Waals surface area contributed by atoms with E-state index in [1.807, 2.05) is 0 Å². The van der Waals surface area contributed by atoms with Crippen molar-refractivity contribution in [3.63, 3.8) is 0 Å². The Morgan fingerprint density at radius 1 is 1.41 bits per heavy atom. The fourth-order valence-electron chi connectivity index (χ4n) is 3.71. The third-order valence-electron chi connectivity index (χ3n) is 5.00. The molecule has 7 nitrogen and oxygen atoms in total. The SMILES string of the molecule is N[C@@]1(C(=O)O)CN(C[C@H]2CCCCN2)C[C@@H]1CCCB(O)O. The first kappa shape index (κ1) is 17.7. The summed E-state index contributed by atoms with van der Waals surface area (Å²) in [6, 6.07) is 0.421. The maximum absolute atomic E-state index is 11.6. The molecule has 3 atom stereocenters. The molecule has 126 valence electrons. The number of carboxylic acids is 1. The zero-order valence-corrected chi connectivity index (χ0v) is 13.1. The number of hydrogen-bond acceptors (Lipinski definition) is 6. The summed E-state index contributed by atoms with van der Waals surface area (Å²) in [4.78, 5) is 13.8. The number of nitrogens with one attached hydrogen (secondary N) is 1. The fourth-order valence-corrected chi connectivity index (χ4v) is 3.71. The molecule has 6 N–H and O–H groups in total. The Hall–Kier alpha value is -0.665. The highest BCUT2D eigenvalue weighted by Gasteiger charge is 2.49. The van der Waals surface area contributed by atoms with Gasteiger partial charge in [0.25, 0.3) is 0 Å². The summed E-state index contributed by atoms with van der Waals surface area (Å²) in [5.41, 5.74) is 4.94. The van der Waals surface area contributed by atoms with Crippen LogP contribution in [0.3, 0.4) is 0 Å². The fraction of sp³-hybridized carbons (Fsp3) is 0.929. The Kier molecular flexibility index (Phi) is 6.22. The van der Waals surface area contributed by atoms with Crippen LogP contribution in [0.1, 0.15) is 32.1 Å². The van der Waals surface area contributed by atoms with E-state index in [1.165, 1.54) is 12.8 Å². The van der Waals surface area contributed by atoms with Crippen molar-refractivity contribution in [1.29, 1.82) is 0 Å². The van der Waals surface area contributed by atoms with Gasteiger partial charge >= 0.3 is 13.1 Å². The molecule has 0 amide bonds. The normalized spacial score (nSPS) is 33.0. The van der Waals surface area contributed by atoms with Gasteiger partial charge in [0.05, 0.1) is 0 Å². The average molecular weight is 313 g/mol. The van der Waals surface area contributed by atoms with Gasteiger partial charge < -0.3 is 26.2 Å². The minimum absolute atomic E-state index is 0.146. The number of aliphatic carboxylic acids is 1. The Bertz CT molecular complexity index is 379. The number of likely N-dealkylation sites (tertiary alicyclic amines) is 1. The lowest BCUT2D eigenvalue weighted by atomic mass is 9.78. The van der Waals surface area contributed by atoms with Gasteiger partial charge in [-0.15, -0.1) is 0 Å². The van der Waals surface area contributed by atoms with E-state index >= 15 is 0 Å². The van der Waals surface area contributed by atoms with E-state index in [4.69, 9.17) is 15.8 Å². The Morgan fingerprint density at radius 2 is 2.18 bits per heavy atom. The summed E-state index contributed by atoms with van der Waals surface area (Å²) < 4.78 is 0. The Morgan fingerprint density at radius 3 is 2.77 bits per heavy atom. The monoisotopic (exact) mass is 313 g/mol. The molecule has 0 aromatic heterocycles. The zero-order chi connectivity index (χ0) is 16.2. The first-order valence-corrected chi connectivity index (χ1v) is 8.26. The zero-order valence-electron chi connectivity index (χ0n) is 13.1. The van der Waals surface area contributed by atoms with E-state index in [2.05, 4.69) is 10.2 Å². The van der Waals surface area contributed by atoms with Crippen LogP contribution in [0, 0.1) is 5.92 Å². The molecule has 0 spiro atoms. The molecule has 0 saturated carbocycles. The van der Waals surface area contributed by atoms with Crippen LogP contribution in [0.2, 0.25) is 6.32 Å². The van der Waals surface area contributed by atoms with Gasteiger partial charge in [-0.1, -0.05) is 12.8 Å². The number of carboxylic acid groups (broad SMARTS) is 1. The van der Waals surface area contributed by atoms with Gasteiger partial charge in [-0.25, -0.2) is 0 Å². The van der Waals surface area contributed by atoms with Crippen molar-refractivity contribution in [1.82, 2.24) is 10.2 Å². The topological polar surface area (TPSA) is 119 Å². The summed E-state index contributed by atoms with van der Waals surface area (Å²) in [5, 5.41) is 30.8. The van der Waals surface area contributed by atoms with Gasteiger partial charge in [-0.05, 0) is 32.1 Å². The molecule has 0 unspecified atom stereocenters. The lowest BCUT2D eigenvalue weighted by molar-refractivity contribution is -0.144. The molecule has 2 aliphatic rings. The van der Waals surface area contributed by atoms with Crippen LogP contribution in [0.4, 0.5) is 0 Å². The maximum Gasteiger partial charge on any atom is 0.451 e. The average Bonchev–Trinajstić information content (AvgIpc) is 2.77. The van der Waals surface area contributed by atoms with Gasteiger partial charge in [0.1, 0.15) is 5.54 Å². The third kappa shape index (κ3) is 4.42. The van der Waals surface area contributed by atoms with Crippen LogP contribution in [-0.2, 0) is 4.79 Å². The Balaban J connectivity index is 1.90. The molecule has 2 rings (SSSR count). The largest absolute Gasteiger partial charge is 0.480 e. The van der Waals surface area contributed by atoms with Gasteiger partial charge in [0, 0.05) is 31.6 Å². The molecule has 2 fully saturated rings. The summed E-state index contributed by atoms with van der Waals surface area (Å²) >= 11 is 0. The van der Waals surface area contributed by atoms with Gasteiger partial charge in [-0.2, -0.15) is 0 Å². The first-order valence-electron chi connectivity index (χ1n) is 8.26. The van der Waals surface area contributed by atoms with Crippen molar-refractivity contribution in [2.45, 2.75) is 50.0 Å². The predicted octanol–water partition coefficient (Wildman–Crippen LogP) is -0.905. The predicted molar refractivity (Wildman–Crippen MR) is 84.4 cm³/mol. The second-order valence-electron chi connectivity index (χ2n) is 6.79. The van der Waals surface area contributed by atoms with Crippen LogP contribution in [-0.4, -0.2) is 70.9 Å². The molecule has 0 aromatic rings. The van der Waals surface area contributed by atoms with Crippen molar-refractivity contribution in [2.24, 2.45) is 11.7 Å². The minimum atomic E-state index is -1.33. The number of hydrogen-bond donors (Lipinski definition) is 5. The van der Waals surface area contributed by atoms with Crippen LogP contribution >= 0.6 is 0 Å². The van der Waals surface area contributed by atoms with Gasteiger partial charge in [0.15, 0.2) is 0 Å². The molecule has 22 heavy (non-hydrogen) atoms. The van der Waals surface area contributed by atoms with Crippen LogP contribution < -0.4 is 11.1 Å². The van der Waals surface area contributed by atoms with Gasteiger partial charge in [0.2, 0.25) is 0 Å². The van der Waals surface area contributed by atoms with E-state index in [-0.39, 0.29) is 12.2 Å². The second-order valence-corrected chi connectivity index (χ2v) is 6.79. The van der Waals surface area contributed by atoms with Crippen molar-refractivity contribution in [3.8, 4) is 0 Å². The lowest BCUT2D eigenvalue weighted by Crippen LogP contribution is -2.55. The van der Waals surface area contributed by atoms with Crippen LogP contribution in [0.25, 0.3) is 0 Å². The highest BCUT2D eigenvalue weighted by molar-refractivity contribution is 6.40. The van der Waals surface area contributed by atoms with Crippen LogP contribution in [0.15, 0.2) is 0 Å². The molecule has 2 heterocycles. The lowest BCUT2D eigenvalue weighted by Gasteiger charge is -2.28. The highest BCUT2D eigenvalue weighted by Crippen LogP contribution is 2.31. The van der Waals surface area contributed by atoms with Crippen LogP contribution in [0.5, 0.6) is 0 Å². The molecule has 0 bridgehead atoms. The smallest absolute Gasteiger partial charge is 0.451 e. The van der Waals surface area contributed by atoms with E-state index in [0.29, 0.717) is 32.0 Å². The highest BCUT2D eigenvalue weighted by atomic mass is 16.4. The minimum Gasteiger partial charge on any atom is -0.480 e. The molecular weight excluding hydrogens is 285 g/mol. The van der Waals surface area contributed by atoms with E-state index < -0.39 is 18.6 Å². The molecule has 0 aliphatic carbocycles. The molecule has 0 radical (unpaired) electrons. The maximum atomic E-state index is 11.6.